The van der Waals surface area contributed by atoms with Gasteiger partial charge in [0, 0.05) is 26.6 Å². The maximum atomic E-state index is 14.1. The zero-order valence-electron chi connectivity index (χ0n) is 11.4. The molecule has 0 spiro atoms. The Kier molecular flexibility index (Phi) is 3.45. The number of allylic oxidation sites excluding steroid dienone is 2. The van der Waals surface area contributed by atoms with Gasteiger partial charge in [0.25, 0.3) is 0 Å². The second-order valence-electron chi connectivity index (χ2n) is 4.68. The molecule has 0 bridgehead atoms. The quantitative estimate of drug-likeness (QED) is 0.715. The standard InChI is InChI=1S/C17H14FNS/c1-11-12(2)20-16-10-6-4-8-14(16)17(19-11)13-7-3-5-9-15(13)18/h3-10H,1-2H3. The lowest BCUT2D eigenvalue weighted by atomic mass is 10.0. The van der Waals surface area contributed by atoms with Crippen molar-refractivity contribution >= 4 is 17.5 Å². The van der Waals surface area contributed by atoms with Crippen molar-refractivity contribution in [1.29, 1.82) is 0 Å². The van der Waals surface area contributed by atoms with E-state index in [1.54, 1.807) is 23.9 Å². The van der Waals surface area contributed by atoms with Crippen LogP contribution in [0.3, 0.4) is 0 Å². The van der Waals surface area contributed by atoms with Crippen molar-refractivity contribution < 1.29 is 4.39 Å². The summed E-state index contributed by atoms with van der Waals surface area (Å²) in [7, 11) is 0. The van der Waals surface area contributed by atoms with Crippen molar-refractivity contribution in [2.75, 3.05) is 0 Å². The Morgan fingerprint density at radius 1 is 0.900 bits per heavy atom. The Hall–Kier alpha value is -1.87. The van der Waals surface area contributed by atoms with Crippen molar-refractivity contribution in [1.82, 2.24) is 0 Å². The summed E-state index contributed by atoms with van der Waals surface area (Å²) in [6, 6.07) is 14.8. The highest BCUT2D eigenvalue weighted by molar-refractivity contribution is 8.03. The third kappa shape index (κ3) is 2.29. The van der Waals surface area contributed by atoms with Crippen LogP contribution in [-0.2, 0) is 0 Å². The zero-order chi connectivity index (χ0) is 14.1. The lowest BCUT2D eigenvalue weighted by Gasteiger charge is -2.10. The van der Waals surface area contributed by atoms with E-state index in [1.807, 2.05) is 38.1 Å². The van der Waals surface area contributed by atoms with E-state index in [-0.39, 0.29) is 5.82 Å². The minimum absolute atomic E-state index is 0.238. The number of nitrogens with zero attached hydrogens (tertiary/aromatic N) is 1. The predicted octanol–water partition coefficient (Wildman–Crippen LogP) is 5.02. The van der Waals surface area contributed by atoms with Crippen LogP contribution in [0.15, 0.2) is 69.0 Å². The number of hydrogen-bond acceptors (Lipinski definition) is 2. The lowest BCUT2D eigenvalue weighted by molar-refractivity contribution is 0.625. The fourth-order valence-corrected chi connectivity index (χ4v) is 3.10. The SMILES string of the molecule is CC1=C(C)Sc2ccccc2C(c2ccccc2F)=N1. The molecule has 1 aliphatic heterocycles. The van der Waals surface area contributed by atoms with Gasteiger partial charge in [-0.05, 0) is 32.0 Å². The van der Waals surface area contributed by atoms with Gasteiger partial charge in [0.05, 0.1) is 5.71 Å². The first kappa shape index (κ1) is 13.1. The summed E-state index contributed by atoms with van der Waals surface area (Å²) in [5, 5.41) is 0. The number of thioether (sulfide) groups is 1. The van der Waals surface area contributed by atoms with Gasteiger partial charge in [-0.3, -0.25) is 4.99 Å². The molecule has 0 amide bonds. The number of aliphatic imine (C=N–C) groups is 1. The molecule has 1 nitrogen and oxygen atoms in total. The fraction of sp³-hybridized carbons (Fsp3) is 0.118. The maximum absolute atomic E-state index is 14.1. The molecule has 0 saturated carbocycles. The van der Waals surface area contributed by atoms with E-state index in [0.29, 0.717) is 11.3 Å². The van der Waals surface area contributed by atoms with Gasteiger partial charge >= 0.3 is 0 Å². The summed E-state index contributed by atoms with van der Waals surface area (Å²) in [5.41, 5.74) is 3.18. The zero-order valence-corrected chi connectivity index (χ0v) is 12.2. The van der Waals surface area contributed by atoms with Gasteiger partial charge in [0.15, 0.2) is 0 Å². The van der Waals surface area contributed by atoms with E-state index in [0.717, 1.165) is 21.1 Å². The Morgan fingerprint density at radius 2 is 1.55 bits per heavy atom. The Labute approximate surface area is 122 Å². The normalized spacial score (nSPS) is 14.7. The molecule has 0 radical (unpaired) electrons. The van der Waals surface area contributed by atoms with E-state index < -0.39 is 0 Å². The molecule has 0 aliphatic carbocycles. The van der Waals surface area contributed by atoms with E-state index in [4.69, 9.17) is 0 Å². The lowest BCUT2D eigenvalue weighted by Crippen LogP contribution is -2.06. The minimum atomic E-state index is -0.238. The van der Waals surface area contributed by atoms with Crippen LogP contribution in [-0.4, -0.2) is 5.71 Å². The average Bonchev–Trinajstić information content (AvgIpc) is 2.57. The molecule has 20 heavy (non-hydrogen) atoms. The Balaban J connectivity index is 2.28. The first-order valence-corrected chi connectivity index (χ1v) is 7.27. The number of fused-ring (bicyclic) bond motifs is 1. The highest BCUT2D eigenvalue weighted by Crippen LogP contribution is 2.36. The molecule has 3 heteroatoms. The predicted molar refractivity (Wildman–Crippen MR) is 82.7 cm³/mol. The van der Waals surface area contributed by atoms with Crippen LogP contribution in [0.4, 0.5) is 4.39 Å². The monoisotopic (exact) mass is 283 g/mol. The molecule has 0 saturated heterocycles. The molecule has 100 valence electrons. The summed E-state index contributed by atoms with van der Waals surface area (Å²) in [6.45, 7) is 4.01. The van der Waals surface area contributed by atoms with Gasteiger partial charge < -0.3 is 0 Å². The Morgan fingerprint density at radius 3 is 2.30 bits per heavy atom. The van der Waals surface area contributed by atoms with E-state index in [2.05, 4.69) is 11.1 Å². The maximum Gasteiger partial charge on any atom is 0.132 e. The molecule has 2 aromatic rings. The molecule has 0 fully saturated rings. The van der Waals surface area contributed by atoms with Crippen LogP contribution in [0, 0.1) is 5.82 Å². The molecular weight excluding hydrogens is 269 g/mol. The fourth-order valence-electron chi connectivity index (χ4n) is 2.16. The summed E-state index contributed by atoms with van der Waals surface area (Å²) in [5.74, 6) is -0.238. The molecule has 0 atom stereocenters. The highest BCUT2D eigenvalue weighted by atomic mass is 32.2. The van der Waals surface area contributed by atoms with Crippen LogP contribution in [0.5, 0.6) is 0 Å². The van der Waals surface area contributed by atoms with Crippen molar-refractivity contribution in [3.63, 3.8) is 0 Å². The van der Waals surface area contributed by atoms with Crippen LogP contribution in [0.1, 0.15) is 25.0 Å². The summed E-state index contributed by atoms with van der Waals surface area (Å²) >= 11 is 1.69. The van der Waals surface area contributed by atoms with Gasteiger partial charge in [-0.15, -0.1) is 0 Å². The number of rotatable bonds is 1. The smallest absolute Gasteiger partial charge is 0.132 e. The van der Waals surface area contributed by atoms with Gasteiger partial charge in [-0.2, -0.15) is 0 Å². The molecule has 3 rings (SSSR count). The third-order valence-electron chi connectivity index (χ3n) is 3.32. The van der Waals surface area contributed by atoms with Crippen molar-refractivity contribution in [3.8, 4) is 0 Å². The van der Waals surface area contributed by atoms with Gasteiger partial charge in [0.1, 0.15) is 5.82 Å². The first-order valence-electron chi connectivity index (χ1n) is 6.45. The molecule has 0 unspecified atom stereocenters. The molecular formula is C17H14FNS. The summed E-state index contributed by atoms with van der Waals surface area (Å²) in [6.07, 6.45) is 0. The topological polar surface area (TPSA) is 12.4 Å². The molecule has 2 aromatic carbocycles. The number of halogens is 1. The van der Waals surface area contributed by atoms with Crippen LogP contribution in [0.2, 0.25) is 0 Å². The summed E-state index contributed by atoms with van der Waals surface area (Å²) < 4.78 is 14.1. The van der Waals surface area contributed by atoms with Crippen LogP contribution < -0.4 is 0 Å². The van der Waals surface area contributed by atoms with E-state index in [9.17, 15) is 4.39 Å². The average molecular weight is 283 g/mol. The van der Waals surface area contributed by atoms with E-state index in [1.165, 1.54) is 6.07 Å². The summed E-state index contributed by atoms with van der Waals surface area (Å²) in [4.78, 5) is 6.92. The number of hydrogen-bond donors (Lipinski definition) is 0. The highest BCUT2D eigenvalue weighted by Gasteiger charge is 2.18. The molecule has 0 N–H and O–H groups in total. The van der Waals surface area contributed by atoms with Crippen molar-refractivity contribution in [3.05, 3.63) is 76.1 Å². The van der Waals surface area contributed by atoms with Gasteiger partial charge in [0.2, 0.25) is 0 Å². The van der Waals surface area contributed by atoms with Crippen LogP contribution in [0.25, 0.3) is 0 Å². The molecule has 1 heterocycles. The molecule has 1 aliphatic rings. The first-order chi connectivity index (χ1) is 9.66. The molecule has 0 aromatic heterocycles. The second kappa shape index (κ2) is 5.25. The van der Waals surface area contributed by atoms with E-state index >= 15 is 0 Å². The third-order valence-corrected chi connectivity index (χ3v) is 4.50. The minimum Gasteiger partial charge on any atom is -0.252 e. The van der Waals surface area contributed by atoms with Crippen molar-refractivity contribution in [2.45, 2.75) is 18.7 Å². The van der Waals surface area contributed by atoms with Gasteiger partial charge in [-0.1, -0.05) is 42.1 Å². The number of benzene rings is 2. The Bertz CT molecular complexity index is 731. The van der Waals surface area contributed by atoms with Crippen LogP contribution >= 0.6 is 11.8 Å². The largest absolute Gasteiger partial charge is 0.252 e. The van der Waals surface area contributed by atoms with Gasteiger partial charge in [-0.25, -0.2) is 4.39 Å². The van der Waals surface area contributed by atoms with Crippen molar-refractivity contribution in [2.24, 2.45) is 4.99 Å². The second-order valence-corrected chi connectivity index (χ2v) is 5.94.